The number of hydrogen-bond acceptors (Lipinski definition) is 3. The summed E-state index contributed by atoms with van der Waals surface area (Å²) in [5.74, 6) is 1.95. The number of unbranched alkanes of at least 4 members (excludes halogenated alkanes) is 6. The van der Waals surface area contributed by atoms with Crippen LogP contribution in [0.1, 0.15) is 89.8 Å². The number of aromatic nitrogens is 3. The number of H-pyrrole nitrogens is 1. The third kappa shape index (κ3) is 6.60. The second-order valence-corrected chi connectivity index (χ2v) is 5.49. The van der Waals surface area contributed by atoms with Gasteiger partial charge in [-0.05, 0) is 12.8 Å². The van der Waals surface area contributed by atoms with E-state index in [2.05, 4.69) is 29.0 Å². The smallest absolute Gasteiger partial charge is 0.219 e. The Morgan fingerprint density at radius 3 is 1.89 bits per heavy atom. The topological polar surface area (TPSA) is 67.6 Å². The molecule has 0 saturated carbocycles. The van der Waals surface area contributed by atoms with Crippen molar-refractivity contribution in [1.82, 2.24) is 15.2 Å². The number of nitrogens with one attached hydrogen (secondary N) is 1. The number of nitrogens with zero attached hydrogens (tertiary/aromatic N) is 2. The summed E-state index contributed by atoms with van der Waals surface area (Å²) >= 11 is 0. The fraction of sp³-hybridized carbons (Fsp3) is 0.867. The first-order chi connectivity index (χ1) is 9.27. The van der Waals surface area contributed by atoms with Crippen LogP contribution in [0.25, 0.3) is 0 Å². The Bertz CT molecular complexity index is 310. The quantitative estimate of drug-likeness (QED) is 0.583. The fourth-order valence-corrected chi connectivity index (χ4v) is 2.53. The van der Waals surface area contributed by atoms with Crippen molar-refractivity contribution in [2.24, 2.45) is 0 Å². The Hall–Kier alpha value is -1.06. The summed E-state index contributed by atoms with van der Waals surface area (Å²) in [5, 5.41) is 8.08. The van der Waals surface area contributed by atoms with Gasteiger partial charge in [0.15, 0.2) is 0 Å². The molecular formula is C15H30N4. The first-order valence-electron chi connectivity index (χ1n) is 7.96. The van der Waals surface area contributed by atoms with Gasteiger partial charge < -0.3 is 10.7 Å². The maximum Gasteiger partial charge on any atom is 0.219 e. The van der Waals surface area contributed by atoms with Crippen molar-refractivity contribution in [1.29, 1.82) is 0 Å². The minimum Gasteiger partial charge on any atom is -0.368 e. The second-order valence-electron chi connectivity index (χ2n) is 5.49. The van der Waals surface area contributed by atoms with E-state index < -0.39 is 0 Å². The number of nitrogen functional groups attached to an aromatic ring is 1. The van der Waals surface area contributed by atoms with E-state index >= 15 is 0 Å². The van der Waals surface area contributed by atoms with Gasteiger partial charge in [0, 0.05) is 5.92 Å². The van der Waals surface area contributed by atoms with Crippen molar-refractivity contribution in [3.63, 3.8) is 0 Å². The molecule has 4 nitrogen and oxygen atoms in total. The van der Waals surface area contributed by atoms with E-state index in [1.807, 2.05) is 0 Å². The lowest BCUT2D eigenvalue weighted by atomic mass is 9.94. The standard InChI is InChI=1S/C15H30N4/c1-3-5-7-9-11-13(12-10-8-6-4-2)14-17-15(16)19-18-14/h13H,3-12H2,1-2H3,(H3,16,17,18,19). The number of aromatic amines is 1. The van der Waals surface area contributed by atoms with Crippen LogP contribution in [0.2, 0.25) is 0 Å². The lowest BCUT2D eigenvalue weighted by molar-refractivity contribution is 0.480. The van der Waals surface area contributed by atoms with Crippen LogP contribution in [-0.2, 0) is 0 Å². The molecule has 1 aromatic rings. The third-order valence-corrected chi connectivity index (χ3v) is 3.72. The van der Waals surface area contributed by atoms with Crippen molar-refractivity contribution in [2.45, 2.75) is 84.0 Å². The van der Waals surface area contributed by atoms with E-state index in [0.29, 0.717) is 11.9 Å². The van der Waals surface area contributed by atoms with Gasteiger partial charge in [0.25, 0.3) is 0 Å². The highest BCUT2D eigenvalue weighted by molar-refractivity contribution is 5.14. The molecule has 19 heavy (non-hydrogen) atoms. The summed E-state index contributed by atoms with van der Waals surface area (Å²) in [6.45, 7) is 4.50. The first kappa shape index (κ1) is 16.0. The molecule has 4 heteroatoms. The van der Waals surface area contributed by atoms with Gasteiger partial charge in [-0.15, -0.1) is 10.2 Å². The Morgan fingerprint density at radius 2 is 1.47 bits per heavy atom. The van der Waals surface area contributed by atoms with Crippen LogP contribution in [0.5, 0.6) is 0 Å². The van der Waals surface area contributed by atoms with E-state index in [4.69, 9.17) is 5.73 Å². The van der Waals surface area contributed by atoms with Gasteiger partial charge >= 0.3 is 0 Å². The monoisotopic (exact) mass is 266 g/mol. The summed E-state index contributed by atoms with van der Waals surface area (Å²) in [6.07, 6.45) is 12.9. The van der Waals surface area contributed by atoms with Crippen molar-refractivity contribution in [3.05, 3.63) is 5.82 Å². The molecule has 3 N–H and O–H groups in total. The molecule has 0 aliphatic carbocycles. The van der Waals surface area contributed by atoms with E-state index in [-0.39, 0.29) is 0 Å². The number of rotatable bonds is 11. The molecule has 0 radical (unpaired) electrons. The highest BCUT2D eigenvalue weighted by Crippen LogP contribution is 2.26. The molecular weight excluding hydrogens is 236 g/mol. The molecule has 0 aliphatic heterocycles. The Balaban J connectivity index is 2.38. The number of anilines is 1. The van der Waals surface area contributed by atoms with Gasteiger partial charge in [0.2, 0.25) is 5.95 Å². The zero-order chi connectivity index (χ0) is 13.9. The average molecular weight is 266 g/mol. The Morgan fingerprint density at radius 1 is 0.895 bits per heavy atom. The minimum atomic E-state index is 0.446. The lowest BCUT2D eigenvalue weighted by Gasteiger charge is -2.13. The third-order valence-electron chi connectivity index (χ3n) is 3.72. The van der Waals surface area contributed by atoms with Gasteiger partial charge in [-0.3, -0.25) is 0 Å². The summed E-state index contributed by atoms with van der Waals surface area (Å²) in [4.78, 5) is 3.11. The van der Waals surface area contributed by atoms with Gasteiger partial charge in [-0.2, -0.15) is 0 Å². The molecule has 0 aromatic carbocycles. The molecule has 1 rings (SSSR count). The largest absolute Gasteiger partial charge is 0.368 e. The molecule has 0 bridgehead atoms. The van der Waals surface area contributed by atoms with Crippen molar-refractivity contribution < 1.29 is 0 Å². The molecule has 0 amide bonds. The minimum absolute atomic E-state index is 0.446. The summed E-state index contributed by atoms with van der Waals surface area (Å²) in [6, 6.07) is 0. The van der Waals surface area contributed by atoms with Crippen LogP contribution in [-0.4, -0.2) is 15.2 Å². The highest BCUT2D eigenvalue weighted by atomic mass is 15.3. The van der Waals surface area contributed by atoms with Crippen LogP contribution in [0.15, 0.2) is 0 Å². The van der Waals surface area contributed by atoms with Gasteiger partial charge in [-0.25, -0.2) is 0 Å². The van der Waals surface area contributed by atoms with Crippen LogP contribution >= 0.6 is 0 Å². The van der Waals surface area contributed by atoms with Crippen LogP contribution in [0, 0.1) is 0 Å². The van der Waals surface area contributed by atoms with Gasteiger partial charge in [0.1, 0.15) is 5.82 Å². The first-order valence-corrected chi connectivity index (χ1v) is 7.96. The van der Waals surface area contributed by atoms with E-state index in [1.165, 1.54) is 64.2 Å². The van der Waals surface area contributed by atoms with E-state index in [9.17, 15) is 0 Å². The number of hydrogen-bond donors (Lipinski definition) is 2. The molecule has 0 aliphatic rings. The van der Waals surface area contributed by atoms with Gasteiger partial charge in [-0.1, -0.05) is 65.2 Å². The molecule has 0 spiro atoms. The SMILES string of the molecule is CCCCCCC(CCCCCC)c1nnc(N)[nH]1. The zero-order valence-corrected chi connectivity index (χ0v) is 12.6. The van der Waals surface area contributed by atoms with Crippen LogP contribution in [0.3, 0.4) is 0 Å². The molecule has 1 aromatic heterocycles. The van der Waals surface area contributed by atoms with Crippen molar-refractivity contribution in [3.8, 4) is 0 Å². The normalized spacial score (nSPS) is 11.3. The molecule has 110 valence electrons. The molecule has 0 fully saturated rings. The highest BCUT2D eigenvalue weighted by Gasteiger charge is 2.15. The molecule has 0 saturated heterocycles. The van der Waals surface area contributed by atoms with E-state index in [0.717, 1.165) is 5.82 Å². The predicted octanol–water partition coefficient (Wildman–Crippen LogP) is 4.41. The molecule has 0 atom stereocenters. The van der Waals surface area contributed by atoms with E-state index in [1.54, 1.807) is 0 Å². The van der Waals surface area contributed by atoms with Crippen LogP contribution < -0.4 is 5.73 Å². The predicted molar refractivity (Wildman–Crippen MR) is 81.1 cm³/mol. The fourth-order valence-electron chi connectivity index (χ4n) is 2.53. The summed E-state index contributed by atoms with van der Waals surface area (Å²) in [7, 11) is 0. The second kappa shape index (κ2) is 9.82. The molecule has 1 heterocycles. The maximum atomic E-state index is 5.64. The average Bonchev–Trinajstić information content (AvgIpc) is 2.83. The lowest BCUT2D eigenvalue weighted by Crippen LogP contribution is -2.02. The van der Waals surface area contributed by atoms with Crippen molar-refractivity contribution >= 4 is 5.95 Å². The maximum absolute atomic E-state index is 5.64. The number of nitrogens with two attached hydrogens (primary N) is 1. The van der Waals surface area contributed by atoms with Gasteiger partial charge in [0.05, 0.1) is 0 Å². The van der Waals surface area contributed by atoms with Crippen LogP contribution in [0.4, 0.5) is 5.95 Å². The Kier molecular flexibility index (Phi) is 8.26. The van der Waals surface area contributed by atoms with Crippen molar-refractivity contribution in [2.75, 3.05) is 5.73 Å². The summed E-state index contributed by atoms with van der Waals surface area (Å²) < 4.78 is 0. The summed E-state index contributed by atoms with van der Waals surface area (Å²) in [5.41, 5.74) is 5.64. The Labute approximate surface area is 117 Å². The zero-order valence-electron chi connectivity index (χ0n) is 12.6. The molecule has 0 unspecified atom stereocenters.